The Kier molecular flexibility index (Phi) is 9.29. The molecule has 0 fully saturated rings. The third-order valence-corrected chi connectivity index (χ3v) is 7.67. The van der Waals surface area contributed by atoms with Crippen molar-refractivity contribution in [3.8, 4) is 5.75 Å². The maximum Gasteiger partial charge on any atom is 0.229 e. The number of ether oxygens (including phenoxy) is 1. The molecule has 0 saturated carbocycles. The van der Waals surface area contributed by atoms with Gasteiger partial charge in [0.15, 0.2) is 15.0 Å². The summed E-state index contributed by atoms with van der Waals surface area (Å²) in [5.74, 6) is 0.137. The van der Waals surface area contributed by atoms with Crippen molar-refractivity contribution in [3.05, 3.63) is 47.5 Å². The van der Waals surface area contributed by atoms with Crippen LogP contribution in [0.25, 0.3) is 10.2 Å². The van der Waals surface area contributed by atoms with Crippen molar-refractivity contribution in [3.63, 3.8) is 0 Å². The number of thiazole rings is 1. The number of hydrogen-bond donors (Lipinski definition) is 0. The van der Waals surface area contributed by atoms with Gasteiger partial charge in [-0.3, -0.25) is 9.69 Å². The third kappa shape index (κ3) is 6.55. The van der Waals surface area contributed by atoms with Crippen LogP contribution < -0.4 is 9.64 Å². The van der Waals surface area contributed by atoms with Gasteiger partial charge in [-0.05, 0) is 56.6 Å². The lowest BCUT2D eigenvalue weighted by Gasteiger charge is -2.22. The summed E-state index contributed by atoms with van der Waals surface area (Å²) in [6.45, 7) is 1.03. The molecule has 0 aliphatic carbocycles. The molecule has 3 rings (SSSR count). The van der Waals surface area contributed by atoms with Crippen LogP contribution >= 0.6 is 35.3 Å². The van der Waals surface area contributed by atoms with Crippen LogP contribution in [-0.2, 0) is 14.6 Å². The smallest absolute Gasteiger partial charge is 0.229 e. The van der Waals surface area contributed by atoms with Crippen LogP contribution in [0.3, 0.4) is 0 Å². The van der Waals surface area contributed by atoms with E-state index in [1.165, 1.54) is 35.6 Å². The average Bonchev–Trinajstić information content (AvgIpc) is 3.15. The summed E-state index contributed by atoms with van der Waals surface area (Å²) >= 11 is 7.22. The van der Waals surface area contributed by atoms with E-state index in [1.54, 1.807) is 12.0 Å². The molecule has 0 spiro atoms. The van der Waals surface area contributed by atoms with E-state index in [9.17, 15) is 13.2 Å². The molecule has 0 aliphatic heterocycles. The van der Waals surface area contributed by atoms with Crippen molar-refractivity contribution in [1.29, 1.82) is 0 Å². The van der Waals surface area contributed by atoms with E-state index in [0.717, 1.165) is 10.2 Å². The first kappa shape index (κ1) is 26.3. The van der Waals surface area contributed by atoms with Crippen molar-refractivity contribution in [2.45, 2.75) is 11.3 Å². The van der Waals surface area contributed by atoms with E-state index < -0.39 is 9.84 Å². The summed E-state index contributed by atoms with van der Waals surface area (Å²) in [4.78, 5) is 21.3. The minimum Gasteiger partial charge on any atom is -0.497 e. The Morgan fingerprint density at radius 2 is 1.81 bits per heavy atom. The maximum atomic E-state index is 13.1. The first-order valence-electron chi connectivity index (χ1n) is 9.57. The van der Waals surface area contributed by atoms with Gasteiger partial charge in [-0.15, -0.1) is 12.4 Å². The van der Waals surface area contributed by atoms with Crippen molar-refractivity contribution < 1.29 is 17.9 Å². The molecule has 174 valence electrons. The van der Waals surface area contributed by atoms with Gasteiger partial charge in [-0.1, -0.05) is 22.9 Å². The quantitative estimate of drug-likeness (QED) is 0.424. The monoisotopic (exact) mass is 517 g/mol. The van der Waals surface area contributed by atoms with E-state index in [4.69, 9.17) is 16.3 Å². The summed E-state index contributed by atoms with van der Waals surface area (Å²) < 4.78 is 31.4. The second kappa shape index (κ2) is 11.3. The number of aromatic nitrogens is 1. The number of amides is 1. The highest BCUT2D eigenvalue weighted by atomic mass is 35.5. The highest BCUT2D eigenvalue weighted by Gasteiger charge is 2.23. The molecule has 0 radical (unpaired) electrons. The maximum absolute atomic E-state index is 13.1. The fraction of sp³-hybridized carbons (Fsp3) is 0.333. The van der Waals surface area contributed by atoms with Crippen LogP contribution in [0.1, 0.15) is 6.42 Å². The molecular formula is C21H25Cl2N3O4S2. The number of halogens is 2. The van der Waals surface area contributed by atoms with Crippen LogP contribution in [0.4, 0.5) is 5.13 Å². The van der Waals surface area contributed by atoms with Crippen LogP contribution in [-0.4, -0.2) is 64.3 Å². The average molecular weight is 518 g/mol. The Morgan fingerprint density at radius 1 is 1.12 bits per heavy atom. The minimum absolute atomic E-state index is 0. The lowest BCUT2D eigenvalue weighted by atomic mass is 10.3. The van der Waals surface area contributed by atoms with E-state index in [1.807, 2.05) is 37.2 Å². The molecule has 1 heterocycles. The van der Waals surface area contributed by atoms with E-state index >= 15 is 0 Å². The van der Waals surface area contributed by atoms with Crippen molar-refractivity contribution in [2.24, 2.45) is 0 Å². The Bertz CT molecular complexity index is 1170. The SMILES string of the molecule is COc1ccc2nc(N(CCN(C)C)C(=O)CCS(=O)(=O)c3ccc(Cl)cc3)sc2c1.Cl. The summed E-state index contributed by atoms with van der Waals surface area (Å²) in [6.07, 6.45) is -0.141. The van der Waals surface area contributed by atoms with Crippen LogP contribution in [0.15, 0.2) is 47.4 Å². The van der Waals surface area contributed by atoms with Gasteiger partial charge in [0.05, 0.1) is 28.0 Å². The topological polar surface area (TPSA) is 79.8 Å². The molecule has 1 aromatic heterocycles. The molecular weight excluding hydrogens is 493 g/mol. The fourth-order valence-electron chi connectivity index (χ4n) is 2.88. The number of anilines is 1. The second-order valence-corrected chi connectivity index (χ2v) is 10.8. The largest absolute Gasteiger partial charge is 0.497 e. The zero-order chi connectivity index (χ0) is 22.6. The zero-order valence-electron chi connectivity index (χ0n) is 17.9. The summed E-state index contributed by atoms with van der Waals surface area (Å²) in [5, 5.41) is 0.997. The summed E-state index contributed by atoms with van der Waals surface area (Å²) in [7, 11) is 1.82. The molecule has 0 unspecified atom stereocenters. The number of carbonyl (C=O) groups is 1. The van der Waals surface area contributed by atoms with Gasteiger partial charge in [-0.2, -0.15) is 0 Å². The van der Waals surface area contributed by atoms with E-state index in [2.05, 4.69) is 4.98 Å². The second-order valence-electron chi connectivity index (χ2n) is 7.20. The van der Waals surface area contributed by atoms with Gasteiger partial charge in [-0.25, -0.2) is 13.4 Å². The van der Waals surface area contributed by atoms with Crippen molar-refractivity contribution in [1.82, 2.24) is 9.88 Å². The predicted molar refractivity (Wildman–Crippen MR) is 132 cm³/mol. The number of benzene rings is 2. The van der Waals surface area contributed by atoms with Gasteiger partial charge >= 0.3 is 0 Å². The number of carbonyl (C=O) groups excluding carboxylic acids is 1. The standard InChI is InChI=1S/C21H24ClN3O4S2.ClH/c1-24(2)11-12-25(21-23-18-9-6-16(29-3)14-19(18)30-21)20(26)10-13-31(27,28)17-7-4-15(22)5-8-17;/h4-9,14H,10-13H2,1-3H3;1H. The highest BCUT2D eigenvalue weighted by molar-refractivity contribution is 7.91. The number of methoxy groups -OCH3 is 1. The Hall–Kier alpha value is -1.91. The van der Waals surface area contributed by atoms with Crippen LogP contribution in [0, 0.1) is 0 Å². The molecule has 32 heavy (non-hydrogen) atoms. The van der Waals surface area contributed by atoms with E-state index in [-0.39, 0.29) is 35.4 Å². The zero-order valence-corrected chi connectivity index (χ0v) is 21.2. The Morgan fingerprint density at radius 3 is 2.44 bits per heavy atom. The molecule has 3 aromatic rings. The third-order valence-electron chi connectivity index (χ3n) is 4.64. The molecule has 11 heteroatoms. The molecule has 0 N–H and O–H groups in total. The molecule has 7 nitrogen and oxygen atoms in total. The lowest BCUT2D eigenvalue weighted by molar-refractivity contribution is -0.118. The first-order chi connectivity index (χ1) is 14.7. The summed E-state index contributed by atoms with van der Waals surface area (Å²) in [6, 6.07) is 11.5. The highest BCUT2D eigenvalue weighted by Crippen LogP contribution is 2.32. The van der Waals surface area contributed by atoms with Gasteiger partial charge in [0.25, 0.3) is 0 Å². The number of rotatable bonds is 9. The number of likely N-dealkylation sites (N-methyl/N-ethyl adjacent to an activating group) is 1. The first-order valence-corrected chi connectivity index (χ1v) is 12.4. The fourth-order valence-corrected chi connectivity index (χ4v) is 5.27. The molecule has 0 atom stereocenters. The predicted octanol–water partition coefficient (Wildman–Crippen LogP) is 4.14. The molecule has 2 aromatic carbocycles. The normalized spacial score (nSPS) is 11.4. The molecule has 0 aliphatic rings. The van der Waals surface area contributed by atoms with Crippen molar-refractivity contribution >= 4 is 66.4 Å². The summed E-state index contributed by atoms with van der Waals surface area (Å²) in [5.41, 5.74) is 0.761. The molecule has 0 saturated heterocycles. The number of sulfone groups is 1. The number of hydrogen-bond acceptors (Lipinski definition) is 7. The van der Waals surface area contributed by atoms with Gasteiger partial charge in [0.2, 0.25) is 5.91 Å². The number of nitrogens with zero attached hydrogens (tertiary/aromatic N) is 3. The van der Waals surface area contributed by atoms with Crippen molar-refractivity contribution in [2.75, 3.05) is 44.9 Å². The molecule has 1 amide bonds. The van der Waals surface area contributed by atoms with Crippen LogP contribution in [0.5, 0.6) is 5.75 Å². The van der Waals surface area contributed by atoms with Gasteiger partial charge in [0.1, 0.15) is 5.75 Å². The molecule has 0 bridgehead atoms. The van der Waals surface area contributed by atoms with E-state index in [0.29, 0.717) is 29.0 Å². The lowest BCUT2D eigenvalue weighted by Crippen LogP contribution is -2.37. The number of fused-ring (bicyclic) bond motifs is 1. The Labute approximate surface area is 203 Å². The van der Waals surface area contributed by atoms with Crippen LogP contribution in [0.2, 0.25) is 5.02 Å². The Balaban J connectivity index is 0.00000363. The van der Waals surface area contributed by atoms with Gasteiger partial charge < -0.3 is 9.64 Å². The van der Waals surface area contributed by atoms with Gasteiger partial charge in [0, 0.05) is 24.5 Å². The minimum atomic E-state index is -3.60.